The van der Waals surface area contributed by atoms with E-state index in [9.17, 15) is 9.59 Å². The van der Waals surface area contributed by atoms with E-state index in [0.29, 0.717) is 5.11 Å². The highest BCUT2D eigenvalue weighted by molar-refractivity contribution is 7.80. The highest BCUT2D eigenvalue weighted by atomic mass is 32.1. The van der Waals surface area contributed by atoms with E-state index in [2.05, 4.69) is 17.4 Å². The van der Waals surface area contributed by atoms with Crippen molar-refractivity contribution in [1.29, 1.82) is 0 Å². The second-order valence-electron chi connectivity index (χ2n) is 8.09. The van der Waals surface area contributed by atoms with Crippen molar-refractivity contribution in [2.75, 3.05) is 12.4 Å². The number of hydrogen-bond acceptors (Lipinski definition) is 3. The molecule has 0 aromatic heterocycles. The third-order valence-corrected chi connectivity index (χ3v) is 6.57. The van der Waals surface area contributed by atoms with Gasteiger partial charge in [0.05, 0.1) is 6.42 Å². The molecule has 1 heterocycles. The number of benzene rings is 2. The van der Waals surface area contributed by atoms with Gasteiger partial charge in [0.1, 0.15) is 6.04 Å². The summed E-state index contributed by atoms with van der Waals surface area (Å²) < 4.78 is 0. The molecule has 0 radical (unpaired) electrons. The predicted octanol–water partition coefficient (Wildman–Crippen LogP) is 4.44. The first kappa shape index (κ1) is 20.5. The van der Waals surface area contributed by atoms with Gasteiger partial charge in [-0.1, -0.05) is 61.7 Å². The number of carbonyl (C=O) groups excluding carboxylic acids is 2. The van der Waals surface area contributed by atoms with Crippen LogP contribution in [0.1, 0.15) is 38.5 Å². The van der Waals surface area contributed by atoms with Crippen molar-refractivity contribution >= 4 is 34.8 Å². The van der Waals surface area contributed by atoms with Gasteiger partial charge in [0.15, 0.2) is 5.11 Å². The summed E-state index contributed by atoms with van der Waals surface area (Å²) in [4.78, 5) is 29.1. The molecule has 2 aromatic carbocycles. The van der Waals surface area contributed by atoms with Crippen LogP contribution in [-0.4, -0.2) is 45.9 Å². The Morgan fingerprint density at radius 1 is 1.00 bits per heavy atom. The molecule has 6 heteroatoms. The summed E-state index contributed by atoms with van der Waals surface area (Å²) in [6.07, 6.45) is 5.69. The molecule has 2 fully saturated rings. The molecule has 1 saturated carbocycles. The number of anilines is 1. The Hall–Kier alpha value is -2.73. The van der Waals surface area contributed by atoms with E-state index >= 15 is 0 Å². The van der Waals surface area contributed by atoms with Crippen molar-refractivity contribution in [3.8, 4) is 11.1 Å². The zero-order valence-electron chi connectivity index (χ0n) is 17.2. The number of hydrogen-bond donors (Lipinski definition) is 1. The first-order valence-electron chi connectivity index (χ1n) is 10.6. The maximum atomic E-state index is 12.8. The van der Waals surface area contributed by atoms with Crippen LogP contribution in [-0.2, 0) is 9.59 Å². The molecule has 1 N–H and O–H groups in total. The Morgan fingerprint density at radius 3 is 2.30 bits per heavy atom. The minimum absolute atomic E-state index is 0.0832. The Labute approximate surface area is 183 Å². The second kappa shape index (κ2) is 8.96. The van der Waals surface area contributed by atoms with Crippen LogP contribution in [0.2, 0.25) is 0 Å². The van der Waals surface area contributed by atoms with Gasteiger partial charge in [-0.25, -0.2) is 0 Å². The molecule has 5 nitrogen and oxygen atoms in total. The van der Waals surface area contributed by atoms with E-state index < -0.39 is 6.04 Å². The van der Waals surface area contributed by atoms with Gasteiger partial charge in [-0.05, 0) is 48.3 Å². The Bertz CT molecular complexity index is 923. The average molecular weight is 422 g/mol. The standard InChI is InChI=1S/C24H27N3O2S/c1-26-23(29)21(27(24(26)30)20-10-6-3-7-11-20)16-22(28)25-19-14-12-18(13-15-19)17-8-4-2-5-9-17/h2,4-5,8-9,12-15,20-21H,3,6-7,10-11,16H2,1H3,(H,25,28). The Balaban J connectivity index is 1.43. The lowest BCUT2D eigenvalue weighted by Gasteiger charge is -2.35. The number of rotatable bonds is 5. The lowest BCUT2D eigenvalue weighted by molar-refractivity contribution is -0.130. The van der Waals surface area contributed by atoms with Gasteiger partial charge in [-0.3, -0.25) is 14.5 Å². The molecular weight excluding hydrogens is 394 g/mol. The average Bonchev–Trinajstić information content (AvgIpc) is 2.99. The fourth-order valence-electron chi connectivity index (χ4n) is 4.46. The molecule has 30 heavy (non-hydrogen) atoms. The normalized spacial score (nSPS) is 20.0. The summed E-state index contributed by atoms with van der Waals surface area (Å²) in [5.41, 5.74) is 2.95. The number of nitrogens with one attached hydrogen (secondary N) is 1. The minimum atomic E-state index is -0.505. The number of amides is 2. The van der Waals surface area contributed by atoms with Gasteiger partial charge in [-0.15, -0.1) is 0 Å². The number of nitrogens with zero attached hydrogens (tertiary/aromatic N) is 2. The third-order valence-electron chi connectivity index (χ3n) is 6.08. The van der Waals surface area contributed by atoms with E-state index in [4.69, 9.17) is 12.2 Å². The SMILES string of the molecule is CN1C(=O)C(CC(=O)Nc2ccc(-c3ccccc3)cc2)N(C2CCCCC2)C1=S. The molecule has 2 amide bonds. The highest BCUT2D eigenvalue weighted by Gasteiger charge is 2.44. The summed E-state index contributed by atoms with van der Waals surface area (Å²) in [6.45, 7) is 0. The van der Waals surface area contributed by atoms with Crippen LogP contribution >= 0.6 is 12.2 Å². The monoisotopic (exact) mass is 421 g/mol. The van der Waals surface area contributed by atoms with Crippen LogP contribution in [0.15, 0.2) is 54.6 Å². The van der Waals surface area contributed by atoms with Gasteiger partial charge >= 0.3 is 0 Å². The largest absolute Gasteiger partial charge is 0.333 e. The predicted molar refractivity (Wildman–Crippen MR) is 123 cm³/mol. The summed E-state index contributed by atoms with van der Waals surface area (Å²) in [5, 5.41) is 3.49. The molecule has 0 bridgehead atoms. The molecule has 1 saturated heterocycles. The quantitative estimate of drug-likeness (QED) is 0.725. The molecule has 156 valence electrons. The lowest BCUT2D eigenvalue weighted by Crippen LogP contribution is -2.45. The van der Waals surface area contributed by atoms with Crippen LogP contribution in [0.5, 0.6) is 0 Å². The second-order valence-corrected chi connectivity index (χ2v) is 8.46. The van der Waals surface area contributed by atoms with Crippen molar-refractivity contribution in [1.82, 2.24) is 9.80 Å². The third kappa shape index (κ3) is 4.24. The molecule has 1 aliphatic carbocycles. The van der Waals surface area contributed by atoms with Gasteiger partial charge < -0.3 is 10.2 Å². The first-order chi connectivity index (χ1) is 14.5. The van der Waals surface area contributed by atoms with Crippen LogP contribution in [0.25, 0.3) is 11.1 Å². The molecule has 1 unspecified atom stereocenters. The first-order valence-corrected chi connectivity index (χ1v) is 11.0. The summed E-state index contributed by atoms with van der Waals surface area (Å²) in [5.74, 6) is -0.250. The van der Waals surface area contributed by atoms with Gasteiger partial charge in [0.25, 0.3) is 5.91 Å². The molecule has 2 aromatic rings. The van der Waals surface area contributed by atoms with Crippen LogP contribution < -0.4 is 5.32 Å². The van der Waals surface area contributed by atoms with Crippen LogP contribution in [0.3, 0.4) is 0 Å². The van der Waals surface area contributed by atoms with Crippen molar-refractivity contribution < 1.29 is 9.59 Å². The molecule has 0 spiro atoms. The van der Waals surface area contributed by atoms with E-state index in [1.54, 1.807) is 7.05 Å². The molecular formula is C24H27N3O2S. The fraction of sp³-hybridized carbons (Fsp3) is 0.375. The Kier molecular flexibility index (Phi) is 6.13. The van der Waals surface area contributed by atoms with Gasteiger partial charge in [0, 0.05) is 18.8 Å². The smallest absolute Gasteiger partial charge is 0.251 e. The number of likely N-dealkylation sites (N-methyl/N-ethyl adjacent to an activating group) is 1. The number of thiocarbonyl (C=S) groups is 1. The summed E-state index contributed by atoms with van der Waals surface area (Å²) in [6, 6.07) is 17.6. The zero-order valence-corrected chi connectivity index (χ0v) is 18.0. The zero-order chi connectivity index (χ0) is 21.1. The van der Waals surface area contributed by atoms with Crippen molar-refractivity contribution in [2.24, 2.45) is 0 Å². The van der Waals surface area contributed by atoms with E-state index in [0.717, 1.165) is 42.5 Å². The minimum Gasteiger partial charge on any atom is -0.333 e. The maximum absolute atomic E-state index is 12.8. The van der Waals surface area contributed by atoms with Crippen molar-refractivity contribution in [3.05, 3.63) is 54.6 Å². The lowest BCUT2D eigenvalue weighted by atomic mass is 9.93. The van der Waals surface area contributed by atoms with E-state index in [-0.39, 0.29) is 24.3 Å². The topological polar surface area (TPSA) is 52.7 Å². The maximum Gasteiger partial charge on any atom is 0.251 e. The number of carbonyl (C=O) groups is 2. The van der Waals surface area contributed by atoms with Gasteiger partial charge in [0.2, 0.25) is 5.91 Å². The van der Waals surface area contributed by atoms with Crippen LogP contribution in [0.4, 0.5) is 5.69 Å². The van der Waals surface area contributed by atoms with E-state index in [1.165, 1.54) is 11.3 Å². The molecule has 1 aliphatic heterocycles. The van der Waals surface area contributed by atoms with Crippen molar-refractivity contribution in [3.63, 3.8) is 0 Å². The summed E-state index contributed by atoms with van der Waals surface area (Å²) in [7, 11) is 1.71. The molecule has 2 aliphatic rings. The molecule has 1 atom stereocenters. The van der Waals surface area contributed by atoms with Gasteiger partial charge in [-0.2, -0.15) is 0 Å². The van der Waals surface area contributed by atoms with E-state index in [1.807, 2.05) is 47.4 Å². The Morgan fingerprint density at radius 2 is 1.63 bits per heavy atom. The fourth-order valence-corrected chi connectivity index (χ4v) is 4.83. The van der Waals surface area contributed by atoms with Crippen molar-refractivity contribution in [2.45, 2.75) is 50.6 Å². The summed E-state index contributed by atoms with van der Waals surface area (Å²) >= 11 is 5.54. The van der Waals surface area contributed by atoms with Crippen LogP contribution in [0, 0.1) is 0 Å². The molecule has 4 rings (SSSR count). The highest BCUT2D eigenvalue weighted by Crippen LogP contribution is 2.30.